The highest BCUT2D eigenvalue weighted by Crippen LogP contribution is 2.20. The first kappa shape index (κ1) is 12.2. The van der Waals surface area contributed by atoms with E-state index in [2.05, 4.69) is 27.0 Å². The number of para-hydroxylation sites is 1. The maximum Gasteiger partial charge on any atom is 0.171 e. The molecule has 1 unspecified atom stereocenters. The molecule has 0 spiro atoms. The average molecular weight is 258 g/mol. The van der Waals surface area contributed by atoms with E-state index in [-0.39, 0.29) is 0 Å². The number of nitrogens with zero attached hydrogens (tertiary/aromatic N) is 3. The molecule has 0 amide bonds. The molecule has 0 radical (unpaired) electrons. The number of ether oxygens (including phenoxy) is 1. The van der Waals surface area contributed by atoms with Crippen molar-refractivity contribution in [3.05, 3.63) is 42.0 Å². The zero-order valence-corrected chi connectivity index (χ0v) is 11.0. The molecule has 1 N–H and O–H groups in total. The molecular formula is C14H18N4O. The summed E-state index contributed by atoms with van der Waals surface area (Å²) in [5.74, 6) is 2.79. The van der Waals surface area contributed by atoms with Gasteiger partial charge in [-0.05, 0) is 18.6 Å². The average Bonchev–Trinajstić information content (AvgIpc) is 2.89. The number of hydrogen-bond donors (Lipinski definition) is 1. The molecule has 3 rings (SSSR count). The minimum atomic E-state index is 0.312. The first-order chi connectivity index (χ1) is 9.38. The molecule has 5 nitrogen and oxygen atoms in total. The smallest absolute Gasteiger partial charge is 0.171 e. The molecular weight excluding hydrogens is 240 g/mol. The number of benzene rings is 1. The molecule has 2 aromatic rings. The van der Waals surface area contributed by atoms with Gasteiger partial charge in [-0.1, -0.05) is 25.1 Å². The first-order valence-corrected chi connectivity index (χ1v) is 6.71. The van der Waals surface area contributed by atoms with Crippen LogP contribution in [0.5, 0.6) is 5.75 Å². The SMILES string of the molecule is CCC1NCCn2c(COc3ccccc3)nnc21. The van der Waals surface area contributed by atoms with Crippen molar-refractivity contribution >= 4 is 0 Å². The number of aromatic nitrogens is 3. The third kappa shape index (κ3) is 2.46. The van der Waals surface area contributed by atoms with Crippen LogP contribution in [0.1, 0.15) is 31.0 Å². The van der Waals surface area contributed by atoms with Gasteiger partial charge in [-0.2, -0.15) is 0 Å². The molecule has 19 heavy (non-hydrogen) atoms. The predicted molar refractivity (Wildman–Crippen MR) is 71.8 cm³/mol. The Morgan fingerprint density at radius 2 is 2.16 bits per heavy atom. The lowest BCUT2D eigenvalue weighted by molar-refractivity contribution is 0.283. The van der Waals surface area contributed by atoms with Gasteiger partial charge in [-0.15, -0.1) is 10.2 Å². The van der Waals surface area contributed by atoms with Gasteiger partial charge in [0.1, 0.15) is 18.2 Å². The van der Waals surface area contributed by atoms with E-state index in [1.54, 1.807) is 0 Å². The van der Waals surface area contributed by atoms with Gasteiger partial charge in [0.05, 0.1) is 6.04 Å². The molecule has 0 saturated heterocycles. The summed E-state index contributed by atoms with van der Waals surface area (Å²) < 4.78 is 7.92. The zero-order chi connectivity index (χ0) is 13.1. The third-order valence-electron chi connectivity index (χ3n) is 3.41. The van der Waals surface area contributed by atoms with Crippen LogP contribution >= 0.6 is 0 Å². The summed E-state index contributed by atoms with van der Waals surface area (Å²) in [5, 5.41) is 12.0. The molecule has 1 aliphatic rings. The summed E-state index contributed by atoms with van der Waals surface area (Å²) in [4.78, 5) is 0. The Morgan fingerprint density at radius 1 is 1.32 bits per heavy atom. The Bertz CT molecular complexity index is 538. The molecule has 2 heterocycles. The third-order valence-corrected chi connectivity index (χ3v) is 3.41. The van der Waals surface area contributed by atoms with E-state index in [0.717, 1.165) is 36.9 Å². The second-order valence-corrected chi connectivity index (χ2v) is 4.64. The monoisotopic (exact) mass is 258 g/mol. The van der Waals surface area contributed by atoms with Crippen LogP contribution in [0.4, 0.5) is 0 Å². The van der Waals surface area contributed by atoms with Crippen LogP contribution in [-0.4, -0.2) is 21.3 Å². The number of nitrogens with one attached hydrogen (secondary N) is 1. The van der Waals surface area contributed by atoms with Crippen molar-refractivity contribution in [3.8, 4) is 5.75 Å². The minimum Gasteiger partial charge on any atom is -0.486 e. The molecule has 0 aliphatic carbocycles. The second-order valence-electron chi connectivity index (χ2n) is 4.64. The van der Waals surface area contributed by atoms with E-state index in [4.69, 9.17) is 4.74 Å². The van der Waals surface area contributed by atoms with Crippen LogP contribution < -0.4 is 10.1 Å². The largest absolute Gasteiger partial charge is 0.486 e. The summed E-state index contributed by atoms with van der Waals surface area (Å²) in [6.07, 6.45) is 1.03. The van der Waals surface area contributed by atoms with E-state index in [1.807, 2.05) is 30.3 Å². The van der Waals surface area contributed by atoms with Crippen molar-refractivity contribution in [2.75, 3.05) is 6.54 Å². The zero-order valence-electron chi connectivity index (χ0n) is 11.0. The highest BCUT2D eigenvalue weighted by molar-refractivity contribution is 5.21. The topological polar surface area (TPSA) is 52.0 Å². The molecule has 1 aromatic carbocycles. The van der Waals surface area contributed by atoms with Gasteiger partial charge < -0.3 is 14.6 Å². The predicted octanol–water partition coefficient (Wildman–Crippen LogP) is 1.91. The van der Waals surface area contributed by atoms with Gasteiger partial charge in [0.15, 0.2) is 5.82 Å². The summed E-state index contributed by atoms with van der Waals surface area (Å²) in [5.41, 5.74) is 0. The van der Waals surface area contributed by atoms with Crippen LogP contribution in [0.2, 0.25) is 0 Å². The summed E-state index contributed by atoms with van der Waals surface area (Å²) in [6.45, 7) is 4.49. The lowest BCUT2D eigenvalue weighted by atomic mass is 10.2. The Balaban J connectivity index is 1.74. The van der Waals surface area contributed by atoms with Crippen molar-refractivity contribution in [1.29, 1.82) is 0 Å². The fourth-order valence-electron chi connectivity index (χ4n) is 2.39. The maximum absolute atomic E-state index is 5.74. The Hall–Kier alpha value is -1.88. The molecule has 0 saturated carbocycles. The minimum absolute atomic E-state index is 0.312. The number of rotatable bonds is 4. The van der Waals surface area contributed by atoms with Crippen molar-refractivity contribution in [3.63, 3.8) is 0 Å². The fraction of sp³-hybridized carbons (Fsp3) is 0.429. The normalized spacial score (nSPS) is 18.1. The second kappa shape index (κ2) is 5.40. The molecule has 0 fully saturated rings. The molecule has 100 valence electrons. The van der Waals surface area contributed by atoms with Gasteiger partial charge in [0, 0.05) is 13.1 Å². The van der Waals surface area contributed by atoms with Crippen molar-refractivity contribution < 1.29 is 4.74 Å². The van der Waals surface area contributed by atoms with E-state index in [0.29, 0.717) is 12.6 Å². The van der Waals surface area contributed by atoms with Gasteiger partial charge in [-0.3, -0.25) is 0 Å². The van der Waals surface area contributed by atoms with Crippen molar-refractivity contribution in [1.82, 2.24) is 20.1 Å². The van der Waals surface area contributed by atoms with E-state index < -0.39 is 0 Å². The quantitative estimate of drug-likeness (QED) is 0.910. The number of hydrogen-bond acceptors (Lipinski definition) is 4. The van der Waals surface area contributed by atoms with Gasteiger partial charge in [0.25, 0.3) is 0 Å². The van der Waals surface area contributed by atoms with Gasteiger partial charge in [-0.25, -0.2) is 0 Å². The molecule has 5 heteroatoms. The van der Waals surface area contributed by atoms with E-state index >= 15 is 0 Å². The van der Waals surface area contributed by atoms with Gasteiger partial charge >= 0.3 is 0 Å². The standard InChI is InChI=1S/C14H18N4O/c1-2-12-14-17-16-13(18(14)9-8-15-12)10-19-11-6-4-3-5-7-11/h3-7,12,15H,2,8-10H2,1H3. The van der Waals surface area contributed by atoms with Crippen LogP contribution in [-0.2, 0) is 13.2 Å². The van der Waals surface area contributed by atoms with Crippen LogP contribution in [0.25, 0.3) is 0 Å². The molecule has 1 aromatic heterocycles. The van der Waals surface area contributed by atoms with Gasteiger partial charge in [0.2, 0.25) is 0 Å². The molecule has 0 bridgehead atoms. The van der Waals surface area contributed by atoms with E-state index in [1.165, 1.54) is 0 Å². The summed E-state index contributed by atoms with van der Waals surface area (Å²) in [7, 11) is 0. The van der Waals surface area contributed by atoms with Crippen LogP contribution in [0.3, 0.4) is 0 Å². The first-order valence-electron chi connectivity index (χ1n) is 6.71. The van der Waals surface area contributed by atoms with E-state index in [9.17, 15) is 0 Å². The lowest BCUT2D eigenvalue weighted by Gasteiger charge is -2.23. The highest BCUT2D eigenvalue weighted by Gasteiger charge is 2.23. The van der Waals surface area contributed by atoms with Crippen LogP contribution in [0.15, 0.2) is 30.3 Å². The Kier molecular flexibility index (Phi) is 3.46. The maximum atomic E-state index is 5.74. The molecule has 1 aliphatic heterocycles. The lowest BCUT2D eigenvalue weighted by Crippen LogP contribution is -2.34. The highest BCUT2D eigenvalue weighted by atomic mass is 16.5. The Labute approximate surface area is 112 Å². The summed E-state index contributed by atoms with van der Waals surface area (Å²) in [6, 6.07) is 10.1. The van der Waals surface area contributed by atoms with Crippen molar-refractivity contribution in [2.24, 2.45) is 0 Å². The fourth-order valence-corrected chi connectivity index (χ4v) is 2.39. The molecule has 1 atom stereocenters. The van der Waals surface area contributed by atoms with Crippen molar-refractivity contribution in [2.45, 2.75) is 32.5 Å². The Morgan fingerprint density at radius 3 is 2.95 bits per heavy atom. The van der Waals surface area contributed by atoms with Crippen LogP contribution in [0, 0.1) is 0 Å². The number of fused-ring (bicyclic) bond motifs is 1. The summed E-state index contributed by atoms with van der Waals surface area (Å²) >= 11 is 0.